The normalized spacial score (nSPS) is 17.9. The van der Waals surface area contributed by atoms with E-state index in [1.54, 1.807) is 12.1 Å². The first-order chi connectivity index (χ1) is 7.56. The van der Waals surface area contributed by atoms with Crippen molar-refractivity contribution in [1.29, 1.82) is 0 Å². The van der Waals surface area contributed by atoms with Crippen molar-refractivity contribution in [3.8, 4) is 0 Å². The van der Waals surface area contributed by atoms with E-state index in [2.05, 4.69) is 5.32 Å². The van der Waals surface area contributed by atoms with Crippen LogP contribution in [0.1, 0.15) is 19.3 Å². The number of anilines is 2. The van der Waals surface area contributed by atoms with E-state index in [4.69, 9.17) is 28.9 Å². The van der Waals surface area contributed by atoms with Crippen LogP contribution in [0.4, 0.5) is 11.4 Å². The Balaban J connectivity index is 2.24. The molecule has 1 aromatic carbocycles. The van der Waals surface area contributed by atoms with Gasteiger partial charge in [-0.05, 0) is 31.4 Å². The van der Waals surface area contributed by atoms with Crippen LogP contribution < -0.4 is 11.1 Å². The lowest BCUT2D eigenvalue weighted by Crippen LogP contribution is -2.48. The fourth-order valence-electron chi connectivity index (χ4n) is 1.88. The van der Waals surface area contributed by atoms with E-state index in [1.165, 1.54) is 0 Å². The van der Waals surface area contributed by atoms with E-state index in [0.29, 0.717) is 15.7 Å². The highest BCUT2D eigenvalue weighted by Gasteiger charge is 2.36. The van der Waals surface area contributed by atoms with Gasteiger partial charge in [0.15, 0.2) is 0 Å². The zero-order valence-corrected chi connectivity index (χ0v) is 10.3. The topological polar surface area (TPSA) is 58.3 Å². The van der Waals surface area contributed by atoms with E-state index in [1.807, 2.05) is 0 Å². The van der Waals surface area contributed by atoms with Gasteiger partial charge in [0.1, 0.15) is 0 Å². The van der Waals surface area contributed by atoms with Crippen LogP contribution in [0, 0.1) is 0 Å². The molecule has 5 heteroatoms. The molecule has 1 saturated carbocycles. The van der Waals surface area contributed by atoms with Crippen LogP contribution in [-0.4, -0.2) is 17.3 Å². The van der Waals surface area contributed by atoms with Gasteiger partial charge >= 0.3 is 0 Å². The molecule has 2 rings (SSSR count). The third-order valence-corrected chi connectivity index (χ3v) is 3.83. The quantitative estimate of drug-likeness (QED) is 0.733. The summed E-state index contributed by atoms with van der Waals surface area (Å²) in [5.74, 6) is 0. The van der Waals surface area contributed by atoms with Gasteiger partial charge in [-0.3, -0.25) is 0 Å². The van der Waals surface area contributed by atoms with Crippen LogP contribution in [0.15, 0.2) is 12.1 Å². The fraction of sp³-hybridized carbons (Fsp3) is 0.455. The predicted molar refractivity (Wildman–Crippen MR) is 68.2 cm³/mol. The summed E-state index contributed by atoms with van der Waals surface area (Å²) in [7, 11) is 0. The number of halogens is 2. The van der Waals surface area contributed by atoms with Crippen molar-refractivity contribution in [2.75, 3.05) is 17.7 Å². The molecule has 0 radical (unpaired) electrons. The first-order valence-corrected chi connectivity index (χ1v) is 5.95. The molecule has 0 aliphatic heterocycles. The summed E-state index contributed by atoms with van der Waals surface area (Å²) >= 11 is 11.8. The smallest absolute Gasteiger partial charge is 0.0661 e. The molecule has 1 aromatic rings. The first-order valence-electron chi connectivity index (χ1n) is 5.20. The Morgan fingerprint density at radius 2 is 1.94 bits per heavy atom. The maximum atomic E-state index is 9.35. The molecule has 0 atom stereocenters. The molecule has 0 amide bonds. The van der Waals surface area contributed by atoms with Crippen LogP contribution in [0.2, 0.25) is 10.0 Å². The van der Waals surface area contributed by atoms with Crippen molar-refractivity contribution in [1.82, 2.24) is 0 Å². The van der Waals surface area contributed by atoms with E-state index in [0.717, 1.165) is 24.9 Å². The zero-order valence-electron chi connectivity index (χ0n) is 8.76. The third-order valence-electron chi connectivity index (χ3n) is 3.11. The van der Waals surface area contributed by atoms with Gasteiger partial charge in [-0.1, -0.05) is 23.2 Å². The summed E-state index contributed by atoms with van der Waals surface area (Å²) in [5, 5.41) is 13.5. The number of nitrogens with two attached hydrogens (primary N) is 1. The highest BCUT2D eigenvalue weighted by Crippen LogP contribution is 2.38. The largest absolute Gasteiger partial charge is 0.397 e. The summed E-state index contributed by atoms with van der Waals surface area (Å²) in [5.41, 5.74) is 6.90. The lowest BCUT2D eigenvalue weighted by atomic mass is 9.77. The average molecular weight is 261 g/mol. The Kier molecular flexibility index (Phi) is 3.19. The van der Waals surface area contributed by atoms with Crippen LogP contribution >= 0.6 is 23.2 Å². The van der Waals surface area contributed by atoms with E-state index >= 15 is 0 Å². The highest BCUT2D eigenvalue weighted by atomic mass is 35.5. The molecule has 0 aromatic heterocycles. The van der Waals surface area contributed by atoms with Gasteiger partial charge in [0, 0.05) is 0 Å². The molecule has 0 bridgehead atoms. The second-order valence-electron chi connectivity index (χ2n) is 4.27. The molecule has 0 heterocycles. The second-order valence-corrected chi connectivity index (χ2v) is 5.08. The molecule has 0 unspecified atom stereocenters. The molecule has 0 saturated heterocycles. The van der Waals surface area contributed by atoms with E-state index < -0.39 is 0 Å². The number of hydrogen-bond acceptors (Lipinski definition) is 3. The number of aliphatic hydroxyl groups is 1. The van der Waals surface area contributed by atoms with Gasteiger partial charge in [-0.15, -0.1) is 0 Å². The van der Waals surface area contributed by atoms with Crippen molar-refractivity contribution in [2.24, 2.45) is 0 Å². The number of nitrogens with one attached hydrogen (secondary N) is 1. The Morgan fingerprint density at radius 1 is 1.31 bits per heavy atom. The van der Waals surface area contributed by atoms with Gasteiger partial charge in [-0.2, -0.15) is 0 Å². The zero-order chi connectivity index (χ0) is 11.8. The van der Waals surface area contributed by atoms with Crippen molar-refractivity contribution in [2.45, 2.75) is 24.8 Å². The van der Waals surface area contributed by atoms with Gasteiger partial charge in [0.25, 0.3) is 0 Å². The van der Waals surface area contributed by atoms with E-state index in [-0.39, 0.29) is 12.1 Å². The summed E-state index contributed by atoms with van der Waals surface area (Å²) in [6.07, 6.45) is 3.02. The second kappa shape index (κ2) is 4.32. The Bertz CT molecular complexity index is 400. The van der Waals surface area contributed by atoms with Crippen molar-refractivity contribution < 1.29 is 5.11 Å². The number of nitrogen functional groups attached to an aromatic ring is 1. The molecule has 1 aliphatic rings. The minimum atomic E-state index is -0.231. The molecule has 3 nitrogen and oxygen atoms in total. The minimum absolute atomic E-state index is 0.104. The van der Waals surface area contributed by atoms with Crippen molar-refractivity contribution >= 4 is 34.6 Å². The number of benzene rings is 1. The lowest BCUT2D eigenvalue weighted by Gasteiger charge is -2.42. The lowest BCUT2D eigenvalue weighted by molar-refractivity contribution is 0.144. The van der Waals surface area contributed by atoms with Crippen LogP contribution in [-0.2, 0) is 0 Å². The first kappa shape index (κ1) is 11.8. The fourth-order valence-corrected chi connectivity index (χ4v) is 2.22. The molecule has 1 fully saturated rings. The van der Waals surface area contributed by atoms with E-state index in [9.17, 15) is 5.11 Å². The number of aliphatic hydroxyl groups excluding tert-OH is 1. The Labute approximate surface area is 105 Å². The SMILES string of the molecule is Nc1cc(Cl)c(Cl)cc1NC1(CO)CCC1. The predicted octanol–water partition coefficient (Wildman–Crippen LogP) is 2.90. The Morgan fingerprint density at radius 3 is 2.44 bits per heavy atom. The van der Waals surface area contributed by atoms with Gasteiger partial charge < -0.3 is 16.2 Å². The van der Waals surface area contributed by atoms with Crippen LogP contribution in [0.3, 0.4) is 0 Å². The molecule has 1 aliphatic carbocycles. The molecule has 4 N–H and O–H groups in total. The average Bonchev–Trinajstić information content (AvgIpc) is 2.19. The maximum absolute atomic E-state index is 9.35. The summed E-state index contributed by atoms with van der Waals surface area (Å²) in [4.78, 5) is 0. The van der Waals surface area contributed by atoms with Gasteiger partial charge in [0.05, 0.1) is 33.6 Å². The number of hydrogen-bond donors (Lipinski definition) is 3. The van der Waals surface area contributed by atoms with Gasteiger partial charge in [-0.25, -0.2) is 0 Å². The summed E-state index contributed by atoms with van der Waals surface area (Å²) < 4.78 is 0. The Hall–Kier alpha value is -0.640. The minimum Gasteiger partial charge on any atom is -0.397 e. The van der Waals surface area contributed by atoms with Crippen molar-refractivity contribution in [3.63, 3.8) is 0 Å². The molecule has 0 spiro atoms. The highest BCUT2D eigenvalue weighted by molar-refractivity contribution is 6.42. The summed E-state index contributed by atoms with van der Waals surface area (Å²) in [6, 6.07) is 3.32. The molecular formula is C11H14Cl2N2O. The standard InChI is InChI=1S/C11H14Cl2N2O/c12-7-4-9(14)10(5-8(7)13)15-11(6-16)2-1-3-11/h4-5,15-16H,1-3,6,14H2. The maximum Gasteiger partial charge on any atom is 0.0661 e. The van der Waals surface area contributed by atoms with Crippen molar-refractivity contribution in [3.05, 3.63) is 22.2 Å². The third kappa shape index (κ3) is 2.08. The molecule has 88 valence electrons. The van der Waals surface area contributed by atoms with Gasteiger partial charge in [0.2, 0.25) is 0 Å². The molecular weight excluding hydrogens is 247 g/mol. The van der Waals surface area contributed by atoms with Crippen LogP contribution in [0.25, 0.3) is 0 Å². The number of rotatable bonds is 3. The summed E-state index contributed by atoms with van der Waals surface area (Å²) in [6.45, 7) is 0.104. The monoisotopic (exact) mass is 260 g/mol. The van der Waals surface area contributed by atoms with Crippen LogP contribution in [0.5, 0.6) is 0 Å². The molecule has 16 heavy (non-hydrogen) atoms.